The molecule has 1 N–H and O–H groups in total. The minimum atomic E-state index is -0.314. The van der Waals surface area contributed by atoms with Crippen LogP contribution < -0.4 is 15.6 Å². The van der Waals surface area contributed by atoms with Crippen LogP contribution in [0, 0.1) is 0 Å². The molecule has 1 aromatic heterocycles. The summed E-state index contributed by atoms with van der Waals surface area (Å²) >= 11 is 6.23. The summed E-state index contributed by atoms with van der Waals surface area (Å²) in [4.78, 5) is 30.4. The van der Waals surface area contributed by atoms with E-state index in [-0.39, 0.29) is 18.1 Å². The fraction of sp³-hybridized carbons (Fsp3) is 0.0345. The number of hydrogen-bond acceptors (Lipinski definition) is 5. The first kappa shape index (κ1) is 24.0. The number of hydrogen-bond donors (Lipinski definition) is 1. The standard InChI is InChI=1S/C29H21ClN4O3/c30-22-15-16-26(37-19-27(35)32-23-11-5-2-6-12-23)21(17-22)18-31-34-28(20-9-3-1-4-10-20)33-25-14-8-7-13-24(25)29(34)36/h1-18H,19H2,(H,32,35). The Morgan fingerprint density at radius 1 is 0.946 bits per heavy atom. The molecule has 182 valence electrons. The predicted molar refractivity (Wildman–Crippen MR) is 146 cm³/mol. The molecule has 0 aliphatic carbocycles. The molecule has 0 fully saturated rings. The highest BCUT2D eigenvalue weighted by molar-refractivity contribution is 6.30. The molecule has 0 aliphatic heterocycles. The zero-order chi connectivity index (χ0) is 25.6. The molecule has 0 atom stereocenters. The average molecular weight is 509 g/mol. The Labute approximate surface area is 217 Å². The second-order valence-electron chi connectivity index (χ2n) is 8.07. The van der Waals surface area contributed by atoms with E-state index in [1.165, 1.54) is 10.9 Å². The molecule has 1 amide bonds. The van der Waals surface area contributed by atoms with E-state index in [0.29, 0.717) is 38.8 Å². The van der Waals surface area contributed by atoms with Gasteiger partial charge in [-0.2, -0.15) is 9.78 Å². The number of benzene rings is 4. The quantitative estimate of drug-likeness (QED) is 0.289. The molecule has 0 saturated heterocycles. The average Bonchev–Trinajstić information content (AvgIpc) is 2.93. The minimum Gasteiger partial charge on any atom is -0.483 e. The maximum absolute atomic E-state index is 13.4. The van der Waals surface area contributed by atoms with Gasteiger partial charge >= 0.3 is 0 Å². The molecule has 4 aromatic carbocycles. The highest BCUT2D eigenvalue weighted by atomic mass is 35.5. The van der Waals surface area contributed by atoms with E-state index in [4.69, 9.17) is 21.3 Å². The van der Waals surface area contributed by atoms with E-state index in [1.54, 1.807) is 48.5 Å². The Hall–Kier alpha value is -4.75. The largest absolute Gasteiger partial charge is 0.483 e. The van der Waals surface area contributed by atoms with E-state index < -0.39 is 0 Å². The maximum atomic E-state index is 13.4. The SMILES string of the molecule is O=C(COc1ccc(Cl)cc1C=Nn1c(-c2ccccc2)nc2ccccc2c1=O)Nc1ccccc1. The van der Waals surface area contributed by atoms with Crippen LogP contribution in [0.3, 0.4) is 0 Å². The van der Waals surface area contributed by atoms with Gasteiger partial charge in [0.05, 0.1) is 17.1 Å². The van der Waals surface area contributed by atoms with Crippen molar-refractivity contribution in [3.8, 4) is 17.1 Å². The maximum Gasteiger partial charge on any atom is 0.282 e. The van der Waals surface area contributed by atoms with Gasteiger partial charge in [0, 0.05) is 21.8 Å². The molecular formula is C29H21ClN4O3. The summed E-state index contributed by atoms with van der Waals surface area (Å²) in [6.45, 7) is -0.218. The molecule has 37 heavy (non-hydrogen) atoms. The number of para-hydroxylation sites is 2. The summed E-state index contributed by atoms with van der Waals surface area (Å²) in [6.07, 6.45) is 1.47. The highest BCUT2D eigenvalue weighted by Crippen LogP contribution is 2.23. The normalized spacial score (nSPS) is 11.1. The van der Waals surface area contributed by atoms with Crippen molar-refractivity contribution < 1.29 is 9.53 Å². The van der Waals surface area contributed by atoms with Crippen molar-refractivity contribution in [2.75, 3.05) is 11.9 Å². The van der Waals surface area contributed by atoms with Crippen molar-refractivity contribution in [2.45, 2.75) is 0 Å². The van der Waals surface area contributed by atoms with Crippen molar-refractivity contribution in [3.05, 3.63) is 124 Å². The zero-order valence-electron chi connectivity index (χ0n) is 19.5. The fourth-order valence-electron chi connectivity index (χ4n) is 3.74. The Bertz CT molecular complexity index is 1650. The first-order valence-corrected chi connectivity index (χ1v) is 11.8. The number of halogens is 1. The van der Waals surface area contributed by atoms with Gasteiger partial charge in [-0.15, -0.1) is 0 Å². The number of fused-ring (bicyclic) bond motifs is 1. The second kappa shape index (κ2) is 10.9. The predicted octanol–water partition coefficient (Wildman–Crippen LogP) is 5.62. The molecule has 0 radical (unpaired) electrons. The van der Waals surface area contributed by atoms with Crippen LogP contribution in [-0.2, 0) is 4.79 Å². The molecular weight excluding hydrogens is 488 g/mol. The number of carbonyl (C=O) groups excluding carboxylic acids is 1. The third kappa shape index (κ3) is 5.58. The summed E-state index contributed by atoms with van der Waals surface area (Å²) in [5.74, 6) is 0.469. The number of anilines is 1. The molecule has 0 bridgehead atoms. The highest BCUT2D eigenvalue weighted by Gasteiger charge is 2.13. The third-order valence-electron chi connectivity index (χ3n) is 5.49. The molecule has 5 rings (SSSR count). The van der Waals surface area contributed by atoms with Crippen molar-refractivity contribution in [1.82, 2.24) is 9.66 Å². The fourth-order valence-corrected chi connectivity index (χ4v) is 3.92. The van der Waals surface area contributed by atoms with Gasteiger partial charge in [0.15, 0.2) is 12.4 Å². The van der Waals surface area contributed by atoms with Gasteiger partial charge in [-0.3, -0.25) is 9.59 Å². The Morgan fingerprint density at radius 3 is 2.43 bits per heavy atom. The van der Waals surface area contributed by atoms with Gasteiger partial charge in [-0.25, -0.2) is 4.98 Å². The summed E-state index contributed by atoms with van der Waals surface area (Å²) in [5.41, 5.74) is 2.17. The molecule has 1 heterocycles. The van der Waals surface area contributed by atoms with Gasteiger partial charge in [0.2, 0.25) is 0 Å². The lowest BCUT2D eigenvalue weighted by Gasteiger charge is -2.11. The van der Waals surface area contributed by atoms with Gasteiger partial charge in [0.1, 0.15) is 5.75 Å². The van der Waals surface area contributed by atoms with E-state index in [1.807, 2.05) is 54.6 Å². The summed E-state index contributed by atoms with van der Waals surface area (Å²) < 4.78 is 7.02. The van der Waals surface area contributed by atoms with Crippen molar-refractivity contribution in [2.24, 2.45) is 5.10 Å². The molecule has 0 aliphatic rings. The zero-order valence-corrected chi connectivity index (χ0v) is 20.3. The molecule has 0 unspecified atom stereocenters. The number of nitrogens with one attached hydrogen (secondary N) is 1. The van der Waals surface area contributed by atoms with Crippen LogP contribution in [0.15, 0.2) is 113 Å². The Kier molecular flexibility index (Phi) is 7.05. The van der Waals surface area contributed by atoms with Crippen molar-refractivity contribution >= 4 is 40.3 Å². The number of carbonyl (C=O) groups is 1. The van der Waals surface area contributed by atoms with Gasteiger partial charge in [0.25, 0.3) is 11.5 Å². The molecule has 0 spiro atoms. The van der Waals surface area contributed by atoms with Crippen LogP contribution >= 0.6 is 11.6 Å². The molecule has 5 aromatic rings. The summed E-state index contributed by atoms with van der Waals surface area (Å²) in [7, 11) is 0. The van der Waals surface area contributed by atoms with Crippen LogP contribution in [0.2, 0.25) is 5.02 Å². The van der Waals surface area contributed by atoms with Crippen LogP contribution in [0.5, 0.6) is 5.75 Å². The first-order chi connectivity index (χ1) is 18.1. The van der Waals surface area contributed by atoms with E-state index in [9.17, 15) is 9.59 Å². The van der Waals surface area contributed by atoms with Crippen molar-refractivity contribution in [3.63, 3.8) is 0 Å². The lowest BCUT2D eigenvalue weighted by atomic mass is 10.2. The van der Waals surface area contributed by atoms with E-state index in [0.717, 1.165) is 5.56 Å². The van der Waals surface area contributed by atoms with E-state index >= 15 is 0 Å². The van der Waals surface area contributed by atoms with Gasteiger partial charge in [-0.05, 0) is 42.5 Å². The Balaban J connectivity index is 1.48. The Morgan fingerprint density at radius 2 is 1.65 bits per heavy atom. The van der Waals surface area contributed by atoms with Gasteiger partial charge < -0.3 is 10.1 Å². The lowest BCUT2D eigenvalue weighted by molar-refractivity contribution is -0.118. The first-order valence-electron chi connectivity index (χ1n) is 11.5. The van der Waals surface area contributed by atoms with Crippen LogP contribution in [0.4, 0.5) is 5.69 Å². The van der Waals surface area contributed by atoms with Crippen LogP contribution in [-0.4, -0.2) is 28.4 Å². The van der Waals surface area contributed by atoms with E-state index in [2.05, 4.69) is 10.4 Å². The molecule has 7 nitrogen and oxygen atoms in total. The lowest BCUT2D eigenvalue weighted by Crippen LogP contribution is -2.21. The molecule has 0 saturated carbocycles. The number of ether oxygens (including phenoxy) is 1. The third-order valence-corrected chi connectivity index (χ3v) is 5.72. The van der Waals surface area contributed by atoms with Crippen LogP contribution in [0.1, 0.15) is 5.56 Å². The monoisotopic (exact) mass is 508 g/mol. The second-order valence-corrected chi connectivity index (χ2v) is 8.50. The topological polar surface area (TPSA) is 85.6 Å². The minimum absolute atomic E-state index is 0.218. The van der Waals surface area contributed by atoms with Gasteiger partial charge in [-0.1, -0.05) is 72.3 Å². The van der Waals surface area contributed by atoms with Crippen LogP contribution in [0.25, 0.3) is 22.3 Å². The number of nitrogens with zero attached hydrogens (tertiary/aromatic N) is 3. The summed E-state index contributed by atoms with van der Waals surface area (Å²) in [5, 5.41) is 8.15. The summed E-state index contributed by atoms with van der Waals surface area (Å²) in [6, 6.07) is 30.5. The number of aromatic nitrogens is 2. The van der Waals surface area contributed by atoms with Crippen molar-refractivity contribution in [1.29, 1.82) is 0 Å². The smallest absolute Gasteiger partial charge is 0.282 e. The molecule has 8 heteroatoms. The number of rotatable bonds is 7. The number of amides is 1.